The predicted octanol–water partition coefficient (Wildman–Crippen LogP) is 2.40. The Kier molecular flexibility index (Phi) is 5.19. The summed E-state index contributed by atoms with van der Waals surface area (Å²) in [7, 11) is 2.18. The van der Waals surface area contributed by atoms with Crippen molar-refractivity contribution in [3.63, 3.8) is 0 Å². The van der Waals surface area contributed by atoms with Crippen LogP contribution < -0.4 is 0 Å². The molecule has 1 saturated heterocycles. The topological polar surface area (TPSA) is 6.48 Å². The molecule has 0 aliphatic carbocycles. The number of hydrogen-bond acceptors (Lipinski definition) is 2. The van der Waals surface area contributed by atoms with Gasteiger partial charge in [0.2, 0.25) is 0 Å². The van der Waals surface area contributed by atoms with Gasteiger partial charge >= 0.3 is 0 Å². The third kappa shape index (κ3) is 4.02. The van der Waals surface area contributed by atoms with Gasteiger partial charge in [-0.2, -0.15) is 0 Å². The van der Waals surface area contributed by atoms with Crippen LogP contribution in [0.1, 0.15) is 33.6 Å². The van der Waals surface area contributed by atoms with E-state index in [1.807, 2.05) is 0 Å². The van der Waals surface area contributed by atoms with E-state index in [-0.39, 0.29) is 6.67 Å². The van der Waals surface area contributed by atoms with Gasteiger partial charge in [-0.1, -0.05) is 6.92 Å². The summed E-state index contributed by atoms with van der Waals surface area (Å²) in [5, 5.41) is 0. The molecule has 1 rings (SSSR count). The van der Waals surface area contributed by atoms with Crippen LogP contribution in [0.15, 0.2) is 0 Å². The van der Waals surface area contributed by atoms with Gasteiger partial charge in [-0.15, -0.1) is 0 Å². The molecule has 0 bridgehead atoms. The first-order valence-corrected chi connectivity index (χ1v) is 6.45. The van der Waals surface area contributed by atoms with Gasteiger partial charge in [-0.25, -0.2) is 4.39 Å². The Balaban J connectivity index is 2.31. The average molecular weight is 230 g/mol. The maximum Gasteiger partial charge on any atom is 0.102 e. The molecule has 1 unspecified atom stereocenters. The highest BCUT2D eigenvalue weighted by Crippen LogP contribution is 2.33. The quantitative estimate of drug-likeness (QED) is 0.691. The van der Waals surface area contributed by atoms with Gasteiger partial charge in [-0.3, -0.25) is 0 Å². The van der Waals surface area contributed by atoms with Crippen molar-refractivity contribution in [1.82, 2.24) is 9.80 Å². The monoisotopic (exact) mass is 230 g/mol. The minimum absolute atomic E-state index is 0.206. The Hall–Kier alpha value is -0.150. The van der Waals surface area contributed by atoms with Crippen LogP contribution >= 0.6 is 0 Å². The molecule has 0 N–H and O–H groups in total. The summed E-state index contributed by atoms with van der Waals surface area (Å²) in [4.78, 5) is 4.65. The van der Waals surface area contributed by atoms with Gasteiger partial charge in [0, 0.05) is 19.1 Å². The zero-order valence-corrected chi connectivity index (χ0v) is 11.3. The standard InChI is InChI=1S/C13H27FN2/c1-12(2)15(4)8-5-13(3)6-9-16(11-13)10-7-14/h12H,5-11H2,1-4H3. The van der Waals surface area contributed by atoms with Gasteiger partial charge in [0.05, 0.1) is 0 Å². The minimum atomic E-state index is -0.206. The highest BCUT2D eigenvalue weighted by molar-refractivity contribution is 4.86. The zero-order valence-electron chi connectivity index (χ0n) is 11.3. The van der Waals surface area contributed by atoms with E-state index >= 15 is 0 Å². The smallest absolute Gasteiger partial charge is 0.102 e. The van der Waals surface area contributed by atoms with E-state index in [1.54, 1.807) is 0 Å². The third-order valence-electron chi connectivity index (χ3n) is 3.99. The Morgan fingerprint density at radius 3 is 2.69 bits per heavy atom. The van der Waals surface area contributed by atoms with Gasteiger partial charge < -0.3 is 9.80 Å². The third-order valence-corrected chi connectivity index (χ3v) is 3.99. The van der Waals surface area contributed by atoms with Crippen molar-refractivity contribution >= 4 is 0 Å². The Labute approximate surface area is 99.8 Å². The van der Waals surface area contributed by atoms with Crippen LogP contribution in [-0.4, -0.2) is 55.7 Å². The maximum atomic E-state index is 12.3. The van der Waals surface area contributed by atoms with Gasteiger partial charge in [0.25, 0.3) is 0 Å². The van der Waals surface area contributed by atoms with Crippen molar-refractivity contribution in [1.29, 1.82) is 0 Å². The van der Waals surface area contributed by atoms with Crippen LogP contribution in [0.5, 0.6) is 0 Å². The molecule has 0 radical (unpaired) electrons. The van der Waals surface area contributed by atoms with Crippen LogP contribution in [0.2, 0.25) is 0 Å². The molecule has 3 heteroatoms. The van der Waals surface area contributed by atoms with Crippen molar-refractivity contribution in [2.45, 2.75) is 39.7 Å². The first-order valence-electron chi connectivity index (χ1n) is 6.45. The Bertz CT molecular complexity index is 208. The fourth-order valence-electron chi connectivity index (χ4n) is 2.34. The van der Waals surface area contributed by atoms with E-state index in [0.29, 0.717) is 18.0 Å². The predicted molar refractivity (Wildman–Crippen MR) is 67.5 cm³/mol. The second-order valence-corrected chi connectivity index (χ2v) is 5.85. The number of alkyl halides is 1. The lowest BCUT2D eigenvalue weighted by molar-refractivity contribution is 0.197. The van der Waals surface area contributed by atoms with Crippen LogP contribution in [0, 0.1) is 5.41 Å². The second-order valence-electron chi connectivity index (χ2n) is 5.85. The molecule has 0 aromatic heterocycles. The van der Waals surface area contributed by atoms with E-state index in [9.17, 15) is 4.39 Å². The van der Waals surface area contributed by atoms with Crippen LogP contribution in [0.3, 0.4) is 0 Å². The highest BCUT2D eigenvalue weighted by atomic mass is 19.1. The van der Waals surface area contributed by atoms with E-state index < -0.39 is 0 Å². The summed E-state index contributed by atoms with van der Waals surface area (Å²) in [6.45, 7) is 10.5. The van der Waals surface area contributed by atoms with E-state index in [0.717, 1.165) is 19.6 Å². The summed E-state index contributed by atoms with van der Waals surface area (Å²) < 4.78 is 12.3. The summed E-state index contributed by atoms with van der Waals surface area (Å²) in [5.41, 5.74) is 0.401. The number of hydrogen-bond donors (Lipinski definition) is 0. The molecule has 0 amide bonds. The molecular formula is C13H27FN2. The van der Waals surface area contributed by atoms with Crippen molar-refractivity contribution in [3.05, 3.63) is 0 Å². The SMILES string of the molecule is CC(C)N(C)CCC1(C)CCN(CCF)C1. The number of halogens is 1. The normalized spacial score (nSPS) is 27.2. The number of rotatable bonds is 6. The zero-order chi connectivity index (χ0) is 12.2. The average Bonchev–Trinajstić information content (AvgIpc) is 2.58. The molecule has 0 aromatic carbocycles. The lowest BCUT2D eigenvalue weighted by atomic mass is 9.86. The molecule has 16 heavy (non-hydrogen) atoms. The second kappa shape index (κ2) is 5.97. The first-order chi connectivity index (χ1) is 7.47. The van der Waals surface area contributed by atoms with Crippen molar-refractivity contribution in [2.24, 2.45) is 5.41 Å². The summed E-state index contributed by atoms with van der Waals surface area (Å²) in [6, 6.07) is 0.618. The van der Waals surface area contributed by atoms with Gasteiger partial charge in [0.15, 0.2) is 0 Å². The fraction of sp³-hybridized carbons (Fsp3) is 1.00. The molecule has 0 aromatic rings. The van der Waals surface area contributed by atoms with Crippen LogP contribution in [0.25, 0.3) is 0 Å². The van der Waals surface area contributed by atoms with E-state index in [4.69, 9.17) is 0 Å². The summed E-state index contributed by atoms with van der Waals surface area (Å²) in [5.74, 6) is 0. The number of likely N-dealkylation sites (tertiary alicyclic amines) is 1. The van der Waals surface area contributed by atoms with Crippen molar-refractivity contribution in [3.8, 4) is 0 Å². The molecule has 0 spiro atoms. The van der Waals surface area contributed by atoms with Gasteiger partial charge in [-0.05, 0) is 52.2 Å². The molecule has 1 fully saturated rings. The first kappa shape index (κ1) is 13.9. The van der Waals surface area contributed by atoms with Crippen LogP contribution in [0.4, 0.5) is 4.39 Å². The van der Waals surface area contributed by atoms with Crippen molar-refractivity contribution in [2.75, 3.05) is 39.9 Å². The maximum absolute atomic E-state index is 12.3. The molecule has 96 valence electrons. The lowest BCUT2D eigenvalue weighted by Crippen LogP contribution is -2.33. The molecular weight excluding hydrogens is 203 g/mol. The molecule has 1 heterocycles. The van der Waals surface area contributed by atoms with Crippen molar-refractivity contribution < 1.29 is 4.39 Å². The summed E-state index contributed by atoms with van der Waals surface area (Å²) in [6.07, 6.45) is 2.45. The summed E-state index contributed by atoms with van der Waals surface area (Å²) >= 11 is 0. The number of nitrogens with zero attached hydrogens (tertiary/aromatic N) is 2. The van der Waals surface area contributed by atoms with E-state index in [2.05, 4.69) is 37.6 Å². The Morgan fingerprint density at radius 1 is 1.44 bits per heavy atom. The van der Waals surface area contributed by atoms with E-state index in [1.165, 1.54) is 12.8 Å². The molecule has 1 atom stereocenters. The molecule has 1 aliphatic heterocycles. The minimum Gasteiger partial charge on any atom is -0.304 e. The molecule has 0 saturated carbocycles. The fourth-order valence-corrected chi connectivity index (χ4v) is 2.34. The Morgan fingerprint density at radius 2 is 2.12 bits per heavy atom. The largest absolute Gasteiger partial charge is 0.304 e. The highest BCUT2D eigenvalue weighted by Gasteiger charge is 2.33. The van der Waals surface area contributed by atoms with Gasteiger partial charge in [0.1, 0.15) is 6.67 Å². The van der Waals surface area contributed by atoms with Crippen LogP contribution in [-0.2, 0) is 0 Å². The molecule has 1 aliphatic rings. The lowest BCUT2D eigenvalue weighted by Gasteiger charge is -2.29. The molecule has 2 nitrogen and oxygen atoms in total.